The molecule has 0 aliphatic carbocycles. The van der Waals surface area contributed by atoms with E-state index in [4.69, 9.17) is 5.11 Å². The van der Waals surface area contributed by atoms with Gasteiger partial charge in [-0.3, -0.25) is 4.79 Å². The number of aliphatic hydroxyl groups is 1. The lowest BCUT2D eigenvalue weighted by Gasteiger charge is -2.29. The zero-order valence-electron chi connectivity index (χ0n) is 19.7. The molecule has 1 aromatic heterocycles. The lowest BCUT2D eigenvalue weighted by atomic mass is 9.96. The van der Waals surface area contributed by atoms with Crippen molar-refractivity contribution < 1.29 is 28.2 Å². The Balaban J connectivity index is 1.86. The van der Waals surface area contributed by atoms with Crippen LogP contribution in [0.3, 0.4) is 0 Å². The molecule has 0 fully saturated rings. The number of carbonyl (C=O) groups is 1. The van der Waals surface area contributed by atoms with Crippen LogP contribution in [0.1, 0.15) is 49.8 Å². The van der Waals surface area contributed by atoms with Crippen LogP contribution < -0.4 is 5.32 Å². The number of hydrogen-bond donors (Lipinski definition) is 3. The number of nitrogens with one attached hydrogen (secondary N) is 1. The molecular formula is C24H33F3N2O3S2. The van der Waals surface area contributed by atoms with Gasteiger partial charge < -0.3 is 15.5 Å². The molecule has 0 aliphatic heterocycles. The summed E-state index contributed by atoms with van der Waals surface area (Å²) in [5, 5.41) is 26.9. The van der Waals surface area contributed by atoms with Gasteiger partial charge >= 0.3 is 12.1 Å². The van der Waals surface area contributed by atoms with Crippen LogP contribution in [0, 0.1) is 0 Å². The fraction of sp³-hybridized carbons (Fsp3) is 0.542. The van der Waals surface area contributed by atoms with E-state index in [1.165, 1.54) is 5.56 Å². The minimum atomic E-state index is -4.52. The van der Waals surface area contributed by atoms with Crippen LogP contribution in [0.25, 0.3) is 0 Å². The number of aliphatic hydroxyl groups excluding tert-OH is 1. The summed E-state index contributed by atoms with van der Waals surface area (Å²) in [7, 11) is 1.71. The number of likely N-dealkylation sites (N-methyl/N-ethyl adjacent to an activating group) is 1. The standard InChI is InChI=1S/C24H33F3N2O3S2/c1-23(2,9-4-5-17-8-10-33-16-17)28-14-20(30)15-29(3)34-21-12-18(6-7-22(31)32)11-19(13-21)24(25,26)27/h8,10-13,16,20,28,30H,4-7,9,14-15H2,1-3H3,(H,31,32)/t20-/m1/s1. The quantitative estimate of drug-likeness (QED) is 0.288. The number of β-amino-alcohol motifs (C(OH)–C–C–N with tert-alkyl or cyclic N) is 1. The second-order valence-electron chi connectivity index (χ2n) is 9.06. The van der Waals surface area contributed by atoms with E-state index in [2.05, 4.69) is 36.0 Å². The summed E-state index contributed by atoms with van der Waals surface area (Å²) in [6.07, 6.45) is -2.45. The van der Waals surface area contributed by atoms with Crippen LogP contribution in [-0.2, 0) is 23.8 Å². The maximum atomic E-state index is 13.3. The van der Waals surface area contributed by atoms with E-state index in [0.717, 1.165) is 43.3 Å². The molecule has 5 nitrogen and oxygen atoms in total. The van der Waals surface area contributed by atoms with E-state index in [9.17, 15) is 23.1 Å². The molecule has 2 aromatic rings. The molecule has 2 rings (SSSR count). The Bertz CT molecular complexity index is 905. The van der Waals surface area contributed by atoms with Crippen molar-refractivity contribution in [3.63, 3.8) is 0 Å². The Morgan fingerprint density at radius 1 is 1.21 bits per heavy atom. The monoisotopic (exact) mass is 518 g/mol. The van der Waals surface area contributed by atoms with E-state index in [-0.39, 0.29) is 24.9 Å². The lowest BCUT2D eigenvalue weighted by molar-refractivity contribution is -0.138. The maximum Gasteiger partial charge on any atom is 0.416 e. The number of hydrogen-bond acceptors (Lipinski definition) is 6. The number of benzene rings is 1. The second kappa shape index (κ2) is 12.9. The zero-order chi connectivity index (χ0) is 25.4. The van der Waals surface area contributed by atoms with E-state index in [0.29, 0.717) is 17.0 Å². The van der Waals surface area contributed by atoms with Gasteiger partial charge in [0.15, 0.2) is 0 Å². The molecule has 0 radical (unpaired) electrons. The summed E-state index contributed by atoms with van der Waals surface area (Å²) in [5.41, 5.74) is 0.695. The van der Waals surface area contributed by atoms with Crippen LogP contribution >= 0.6 is 23.3 Å². The largest absolute Gasteiger partial charge is 0.481 e. The third-order valence-electron chi connectivity index (χ3n) is 5.31. The summed E-state index contributed by atoms with van der Waals surface area (Å²) in [6, 6.07) is 5.74. The lowest BCUT2D eigenvalue weighted by Crippen LogP contribution is -2.45. The summed E-state index contributed by atoms with van der Waals surface area (Å²) in [5.74, 6) is -1.06. The molecule has 0 aliphatic rings. The molecule has 0 bridgehead atoms. The number of carboxylic acid groups (broad SMARTS) is 1. The minimum Gasteiger partial charge on any atom is -0.481 e. The highest BCUT2D eigenvalue weighted by Gasteiger charge is 2.31. The molecule has 190 valence electrons. The predicted molar refractivity (Wildman–Crippen MR) is 131 cm³/mol. The smallest absolute Gasteiger partial charge is 0.416 e. The molecule has 1 heterocycles. The Labute approximate surface area is 207 Å². The summed E-state index contributed by atoms with van der Waals surface area (Å²) < 4.78 is 41.6. The molecule has 1 atom stereocenters. The van der Waals surface area contributed by atoms with E-state index < -0.39 is 23.8 Å². The van der Waals surface area contributed by atoms with E-state index in [1.54, 1.807) is 28.8 Å². The van der Waals surface area contributed by atoms with Gasteiger partial charge in [-0.25, -0.2) is 4.31 Å². The normalized spacial score (nSPS) is 13.4. The number of aryl methyl sites for hydroxylation is 2. The third-order valence-corrected chi connectivity index (χ3v) is 6.95. The number of halogens is 3. The average Bonchev–Trinajstić information content (AvgIpc) is 3.23. The molecule has 0 saturated heterocycles. The Morgan fingerprint density at radius 2 is 1.94 bits per heavy atom. The van der Waals surface area contributed by atoms with Crippen molar-refractivity contribution in [1.29, 1.82) is 0 Å². The highest BCUT2D eigenvalue weighted by molar-refractivity contribution is 7.97. The number of carboxylic acids is 1. The first kappa shape index (κ1) is 28.6. The van der Waals surface area contributed by atoms with Crippen molar-refractivity contribution in [3.05, 3.63) is 51.7 Å². The molecule has 0 amide bonds. The van der Waals surface area contributed by atoms with Gasteiger partial charge in [-0.2, -0.15) is 24.5 Å². The average molecular weight is 519 g/mol. The van der Waals surface area contributed by atoms with Gasteiger partial charge in [0, 0.05) is 29.9 Å². The summed E-state index contributed by atoms with van der Waals surface area (Å²) in [4.78, 5) is 11.2. The number of thiophene rings is 1. The van der Waals surface area contributed by atoms with Gasteiger partial charge in [-0.15, -0.1) is 0 Å². The SMILES string of the molecule is CN(C[C@H](O)CNC(C)(C)CCCc1ccsc1)Sc1cc(CCC(=O)O)cc(C(F)(F)F)c1. The van der Waals surface area contributed by atoms with E-state index >= 15 is 0 Å². The Morgan fingerprint density at radius 3 is 2.56 bits per heavy atom. The fourth-order valence-corrected chi connectivity index (χ4v) is 5.20. The predicted octanol–water partition coefficient (Wildman–Crippen LogP) is 5.48. The number of rotatable bonds is 14. The third kappa shape index (κ3) is 10.8. The highest BCUT2D eigenvalue weighted by atomic mass is 32.2. The van der Waals surface area contributed by atoms with Crippen LogP contribution in [0.4, 0.5) is 13.2 Å². The van der Waals surface area contributed by atoms with Crippen LogP contribution in [0.15, 0.2) is 39.9 Å². The first-order valence-corrected chi connectivity index (χ1v) is 12.8. The van der Waals surface area contributed by atoms with Gasteiger partial charge in [-0.1, -0.05) is 0 Å². The number of nitrogens with zero attached hydrogens (tertiary/aromatic N) is 1. The van der Waals surface area contributed by atoms with Crippen molar-refractivity contribution in [2.75, 3.05) is 20.1 Å². The first-order valence-electron chi connectivity index (χ1n) is 11.1. The van der Waals surface area contributed by atoms with Crippen LogP contribution in [0.2, 0.25) is 0 Å². The number of alkyl halides is 3. The Kier molecular flexibility index (Phi) is 10.9. The molecule has 1 aromatic carbocycles. The first-order chi connectivity index (χ1) is 15.8. The van der Waals surface area contributed by atoms with Crippen molar-refractivity contribution in [3.8, 4) is 0 Å². The van der Waals surface area contributed by atoms with Crippen LogP contribution in [-0.4, -0.2) is 52.3 Å². The van der Waals surface area contributed by atoms with Crippen molar-refractivity contribution >= 4 is 29.3 Å². The molecule has 0 spiro atoms. The second-order valence-corrected chi connectivity index (χ2v) is 11.1. The fourth-order valence-electron chi connectivity index (χ4n) is 3.50. The summed E-state index contributed by atoms with van der Waals surface area (Å²) in [6.45, 7) is 4.80. The van der Waals surface area contributed by atoms with Crippen molar-refractivity contribution in [2.45, 2.75) is 68.7 Å². The van der Waals surface area contributed by atoms with E-state index in [1.807, 2.05) is 0 Å². The minimum absolute atomic E-state index is 0.0184. The Hall–Kier alpha value is -1.59. The summed E-state index contributed by atoms with van der Waals surface area (Å²) >= 11 is 2.78. The molecular weight excluding hydrogens is 485 g/mol. The van der Waals surface area contributed by atoms with Gasteiger partial charge in [0.25, 0.3) is 0 Å². The topological polar surface area (TPSA) is 72.8 Å². The van der Waals surface area contributed by atoms with Crippen molar-refractivity contribution in [1.82, 2.24) is 9.62 Å². The molecule has 10 heteroatoms. The van der Waals surface area contributed by atoms with Gasteiger partial charge in [-0.05, 0) is 105 Å². The number of aliphatic carboxylic acids is 1. The zero-order valence-corrected chi connectivity index (χ0v) is 21.3. The highest BCUT2D eigenvalue weighted by Crippen LogP contribution is 2.34. The molecule has 0 unspecified atom stereocenters. The van der Waals surface area contributed by atoms with Gasteiger partial charge in [0.2, 0.25) is 0 Å². The van der Waals surface area contributed by atoms with Gasteiger partial charge in [0.1, 0.15) is 0 Å². The molecule has 0 saturated carbocycles. The molecule has 34 heavy (non-hydrogen) atoms. The maximum absolute atomic E-state index is 13.3. The van der Waals surface area contributed by atoms with Gasteiger partial charge in [0.05, 0.1) is 11.7 Å². The molecule has 3 N–H and O–H groups in total. The van der Waals surface area contributed by atoms with Crippen molar-refractivity contribution in [2.24, 2.45) is 0 Å². The van der Waals surface area contributed by atoms with Crippen LogP contribution in [0.5, 0.6) is 0 Å².